The molecule has 2 nitrogen and oxygen atoms in total. The van der Waals surface area contributed by atoms with Gasteiger partial charge in [0, 0.05) is 12.8 Å². The lowest BCUT2D eigenvalue weighted by molar-refractivity contribution is -0.887. The first-order chi connectivity index (χ1) is 7.74. The summed E-state index contributed by atoms with van der Waals surface area (Å²) in [7, 11) is 0. The van der Waals surface area contributed by atoms with Gasteiger partial charge >= 0.3 is 0 Å². The molecule has 0 spiro atoms. The van der Waals surface area contributed by atoms with Gasteiger partial charge in [-0.15, -0.1) is 0 Å². The van der Waals surface area contributed by atoms with Gasteiger partial charge in [-0.05, 0) is 37.1 Å². The second-order valence-corrected chi connectivity index (χ2v) is 4.88. The second kappa shape index (κ2) is 5.35. The molecule has 1 aromatic rings. The van der Waals surface area contributed by atoms with E-state index in [4.69, 9.17) is 4.74 Å². The van der Waals surface area contributed by atoms with Gasteiger partial charge in [0.05, 0.1) is 13.1 Å². The fraction of sp³-hybridized carbons (Fsp3) is 0.571. The quantitative estimate of drug-likeness (QED) is 0.809. The zero-order valence-electron chi connectivity index (χ0n) is 10.4. The summed E-state index contributed by atoms with van der Waals surface area (Å²) in [4.78, 5) is 1.70. The Balaban J connectivity index is 1.80. The summed E-state index contributed by atoms with van der Waals surface area (Å²) in [5.74, 6) is 1.02. The van der Waals surface area contributed by atoms with Gasteiger partial charge in [0.25, 0.3) is 0 Å². The van der Waals surface area contributed by atoms with Crippen molar-refractivity contribution >= 4 is 0 Å². The first-order valence-electron chi connectivity index (χ1n) is 6.29. The molecule has 1 aliphatic rings. The molecule has 0 atom stereocenters. The van der Waals surface area contributed by atoms with E-state index < -0.39 is 0 Å². The fourth-order valence-corrected chi connectivity index (χ4v) is 2.45. The molecular weight excluding hydrogens is 198 g/mol. The third kappa shape index (κ3) is 3.24. The third-order valence-electron chi connectivity index (χ3n) is 3.23. The Morgan fingerprint density at radius 1 is 1.06 bits per heavy atom. The van der Waals surface area contributed by atoms with E-state index in [1.165, 1.54) is 37.1 Å². The lowest BCUT2D eigenvalue weighted by atomic mass is 10.1. The van der Waals surface area contributed by atoms with Crippen molar-refractivity contribution in [2.75, 3.05) is 26.2 Å². The Morgan fingerprint density at radius 3 is 2.31 bits per heavy atom. The van der Waals surface area contributed by atoms with Crippen molar-refractivity contribution in [3.05, 3.63) is 29.3 Å². The molecule has 0 saturated carbocycles. The summed E-state index contributed by atoms with van der Waals surface area (Å²) in [6, 6.07) is 6.41. The number of nitrogens with one attached hydrogen (secondary N) is 1. The lowest BCUT2D eigenvalue weighted by Gasteiger charge is -2.13. The SMILES string of the molecule is Cc1cc(C)cc(OCC[NH+]2CCCC2)c1. The van der Waals surface area contributed by atoms with Crippen LogP contribution in [0.4, 0.5) is 0 Å². The number of hydrogen-bond donors (Lipinski definition) is 1. The second-order valence-electron chi connectivity index (χ2n) is 4.88. The molecule has 1 heterocycles. The highest BCUT2D eigenvalue weighted by molar-refractivity contribution is 5.32. The van der Waals surface area contributed by atoms with Crippen LogP contribution in [0.3, 0.4) is 0 Å². The van der Waals surface area contributed by atoms with Crippen LogP contribution in [-0.2, 0) is 0 Å². The molecule has 0 amide bonds. The number of likely N-dealkylation sites (tertiary alicyclic amines) is 1. The average Bonchev–Trinajstić information content (AvgIpc) is 2.69. The first-order valence-corrected chi connectivity index (χ1v) is 6.29. The standard InChI is InChI=1S/C14H21NO/c1-12-9-13(2)11-14(10-12)16-8-7-15-5-3-4-6-15/h9-11H,3-8H2,1-2H3/p+1. The molecule has 1 saturated heterocycles. The zero-order valence-corrected chi connectivity index (χ0v) is 10.4. The summed E-state index contributed by atoms with van der Waals surface area (Å²) in [5, 5.41) is 0. The monoisotopic (exact) mass is 220 g/mol. The molecule has 1 N–H and O–H groups in total. The van der Waals surface area contributed by atoms with Crippen molar-refractivity contribution in [1.82, 2.24) is 0 Å². The predicted molar refractivity (Wildman–Crippen MR) is 66.2 cm³/mol. The minimum atomic E-state index is 0.845. The number of ether oxygens (including phenoxy) is 1. The highest BCUT2D eigenvalue weighted by atomic mass is 16.5. The topological polar surface area (TPSA) is 13.7 Å². The molecule has 16 heavy (non-hydrogen) atoms. The molecule has 2 rings (SSSR count). The summed E-state index contributed by atoms with van der Waals surface area (Å²) >= 11 is 0. The van der Waals surface area contributed by atoms with E-state index in [0.717, 1.165) is 18.9 Å². The number of rotatable bonds is 4. The fourth-order valence-electron chi connectivity index (χ4n) is 2.45. The van der Waals surface area contributed by atoms with Gasteiger partial charge in [-0.1, -0.05) is 6.07 Å². The maximum Gasteiger partial charge on any atom is 0.137 e. The van der Waals surface area contributed by atoms with E-state index in [0.29, 0.717) is 0 Å². The number of quaternary nitrogens is 1. The van der Waals surface area contributed by atoms with Gasteiger partial charge in [-0.25, -0.2) is 0 Å². The first kappa shape index (κ1) is 11.5. The van der Waals surface area contributed by atoms with Crippen LogP contribution >= 0.6 is 0 Å². The Labute approximate surface area is 98.2 Å². The minimum absolute atomic E-state index is 0.845. The number of benzene rings is 1. The van der Waals surface area contributed by atoms with Gasteiger partial charge in [-0.2, -0.15) is 0 Å². The van der Waals surface area contributed by atoms with Gasteiger partial charge < -0.3 is 9.64 Å². The Morgan fingerprint density at radius 2 is 1.69 bits per heavy atom. The molecule has 0 radical (unpaired) electrons. The number of hydrogen-bond acceptors (Lipinski definition) is 1. The summed E-state index contributed by atoms with van der Waals surface area (Å²) in [6.45, 7) is 8.88. The Kier molecular flexibility index (Phi) is 3.83. The Hall–Kier alpha value is -1.02. The molecule has 0 bridgehead atoms. The van der Waals surface area contributed by atoms with E-state index in [1.807, 2.05) is 0 Å². The van der Waals surface area contributed by atoms with Crippen LogP contribution in [0.15, 0.2) is 18.2 Å². The van der Waals surface area contributed by atoms with Crippen LogP contribution in [-0.4, -0.2) is 26.2 Å². The van der Waals surface area contributed by atoms with Crippen LogP contribution < -0.4 is 9.64 Å². The van der Waals surface area contributed by atoms with Crippen LogP contribution in [0.2, 0.25) is 0 Å². The van der Waals surface area contributed by atoms with E-state index in [-0.39, 0.29) is 0 Å². The van der Waals surface area contributed by atoms with E-state index in [2.05, 4.69) is 32.0 Å². The van der Waals surface area contributed by atoms with E-state index in [9.17, 15) is 0 Å². The summed E-state index contributed by atoms with van der Waals surface area (Å²) < 4.78 is 5.81. The highest BCUT2D eigenvalue weighted by Crippen LogP contribution is 2.15. The minimum Gasteiger partial charge on any atom is -0.488 e. The summed E-state index contributed by atoms with van der Waals surface area (Å²) in [6.07, 6.45) is 2.78. The van der Waals surface area contributed by atoms with E-state index >= 15 is 0 Å². The van der Waals surface area contributed by atoms with Crippen molar-refractivity contribution in [2.24, 2.45) is 0 Å². The highest BCUT2D eigenvalue weighted by Gasteiger charge is 2.14. The van der Waals surface area contributed by atoms with Crippen molar-refractivity contribution in [2.45, 2.75) is 26.7 Å². The van der Waals surface area contributed by atoms with Crippen molar-refractivity contribution in [1.29, 1.82) is 0 Å². The molecular formula is C14H22NO+. The molecule has 88 valence electrons. The van der Waals surface area contributed by atoms with Gasteiger partial charge in [0.1, 0.15) is 18.9 Å². The Bertz CT molecular complexity index is 322. The molecule has 0 aliphatic carbocycles. The number of aryl methyl sites for hydroxylation is 2. The third-order valence-corrected chi connectivity index (χ3v) is 3.23. The molecule has 0 unspecified atom stereocenters. The molecule has 1 fully saturated rings. The molecule has 1 aliphatic heterocycles. The van der Waals surface area contributed by atoms with Crippen LogP contribution in [0.25, 0.3) is 0 Å². The smallest absolute Gasteiger partial charge is 0.137 e. The maximum atomic E-state index is 5.81. The predicted octanol–water partition coefficient (Wildman–Crippen LogP) is 1.36. The molecule has 1 aromatic carbocycles. The van der Waals surface area contributed by atoms with Crippen LogP contribution in [0.5, 0.6) is 5.75 Å². The van der Waals surface area contributed by atoms with Gasteiger partial charge in [0.2, 0.25) is 0 Å². The molecule has 2 heteroatoms. The van der Waals surface area contributed by atoms with E-state index in [1.54, 1.807) is 4.90 Å². The van der Waals surface area contributed by atoms with Gasteiger partial charge in [-0.3, -0.25) is 0 Å². The average molecular weight is 220 g/mol. The van der Waals surface area contributed by atoms with Crippen molar-refractivity contribution < 1.29 is 9.64 Å². The lowest BCUT2D eigenvalue weighted by Crippen LogP contribution is -3.10. The van der Waals surface area contributed by atoms with Crippen LogP contribution in [0, 0.1) is 13.8 Å². The normalized spacial score (nSPS) is 16.6. The molecule has 0 aromatic heterocycles. The largest absolute Gasteiger partial charge is 0.488 e. The zero-order chi connectivity index (χ0) is 11.4. The van der Waals surface area contributed by atoms with Gasteiger partial charge in [0.15, 0.2) is 0 Å². The van der Waals surface area contributed by atoms with Crippen molar-refractivity contribution in [3.63, 3.8) is 0 Å². The van der Waals surface area contributed by atoms with Crippen molar-refractivity contribution in [3.8, 4) is 5.75 Å². The summed E-state index contributed by atoms with van der Waals surface area (Å²) in [5.41, 5.74) is 2.56. The maximum absolute atomic E-state index is 5.81. The van der Waals surface area contributed by atoms with Crippen LogP contribution in [0.1, 0.15) is 24.0 Å².